The van der Waals surface area contributed by atoms with E-state index in [0.717, 1.165) is 37.1 Å². The van der Waals surface area contributed by atoms with E-state index in [1.807, 2.05) is 48.9 Å². The van der Waals surface area contributed by atoms with Crippen LogP contribution in [0.3, 0.4) is 0 Å². The number of fused-ring (bicyclic) bond motifs is 1. The predicted octanol–water partition coefficient (Wildman–Crippen LogP) is 4.07. The van der Waals surface area contributed by atoms with Gasteiger partial charge in [-0.15, -0.1) is 0 Å². The van der Waals surface area contributed by atoms with Crippen molar-refractivity contribution >= 4 is 26.8 Å². The van der Waals surface area contributed by atoms with Gasteiger partial charge in [-0.25, -0.2) is 4.79 Å². The Hall–Kier alpha value is -2.86. The topological polar surface area (TPSA) is 48.9 Å². The van der Waals surface area contributed by atoms with Gasteiger partial charge < -0.3 is 4.57 Å². The summed E-state index contributed by atoms with van der Waals surface area (Å²) in [4.78, 5) is 25.6. The summed E-state index contributed by atoms with van der Waals surface area (Å²) >= 11 is 3.62. The number of aryl methyl sites for hydroxylation is 3. The highest BCUT2D eigenvalue weighted by molar-refractivity contribution is 9.10. The van der Waals surface area contributed by atoms with Crippen molar-refractivity contribution < 1.29 is 0 Å². The summed E-state index contributed by atoms with van der Waals surface area (Å²) in [6.45, 7) is 4.10. The Labute approximate surface area is 170 Å². The first kappa shape index (κ1) is 18.5. The molecule has 0 aliphatic carbocycles. The molecule has 4 rings (SSSR count). The molecule has 5 nitrogen and oxygen atoms in total. The van der Waals surface area contributed by atoms with E-state index in [0.29, 0.717) is 10.9 Å². The summed E-state index contributed by atoms with van der Waals surface area (Å²) in [5.41, 5.74) is 4.85. The molecule has 2 heterocycles. The maximum absolute atomic E-state index is 13.1. The van der Waals surface area contributed by atoms with Crippen LogP contribution in [0.15, 0.2) is 62.7 Å². The highest BCUT2D eigenvalue weighted by Gasteiger charge is 2.21. The van der Waals surface area contributed by atoms with Crippen LogP contribution in [0.25, 0.3) is 27.8 Å². The monoisotopic (exact) mass is 437 g/mol. The molecule has 0 aliphatic rings. The van der Waals surface area contributed by atoms with Crippen LogP contribution in [0.4, 0.5) is 0 Å². The predicted molar refractivity (Wildman–Crippen MR) is 116 cm³/mol. The van der Waals surface area contributed by atoms with Crippen molar-refractivity contribution in [3.63, 3.8) is 0 Å². The van der Waals surface area contributed by atoms with Crippen LogP contribution >= 0.6 is 15.9 Å². The van der Waals surface area contributed by atoms with Gasteiger partial charge in [-0.1, -0.05) is 40.2 Å². The first-order chi connectivity index (χ1) is 13.3. The average molecular weight is 438 g/mol. The molecule has 28 heavy (non-hydrogen) atoms. The molecule has 0 saturated carbocycles. The fourth-order valence-electron chi connectivity index (χ4n) is 3.75. The lowest BCUT2D eigenvalue weighted by molar-refractivity contribution is 0.714. The molecule has 0 aliphatic heterocycles. The minimum Gasteiger partial charge on any atom is -0.314 e. The zero-order valence-electron chi connectivity index (χ0n) is 16.2. The number of halogens is 1. The second-order valence-electron chi connectivity index (χ2n) is 7.14. The smallest absolute Gasteiger partial charge is 0.314 e. The maximum atomic E-state index is 13.1. The summed E-state index contributed by atoms with van der Waals surface area (Å²) < 4.78 is 5.58. The molecule has 4 aromatic rings. The number of aromatic nitrogens is 3. The summed E-state index contributed by atoms with van der Waals surface area (Å²) in [6.07, 6.45) is 1.88. The molecule has 6 heteroatoms. The number of rotatable bonds is 2. The lowest BCUT2D eigenvalue weighted by Crippen LogP contribution is -2.36. The molecular formula is C22H20BrN3O2. The first-order valence-corrected chi connectivity index (χ1v) is 9.73. The van der Waals surface area contributed by atoms with E-state index in [1.54, 1.807) is 7.05 Å². The minimum absolute atomic E-state index is 0.299. The Bertz CT molecular complexity index is 1340. The Morgan fingerprint density at radius 3 is 2.18 bits per heavy atom. The Morgan fingerprint density at radius 1 is 0.893 bits per heavy atom. The Balaban J connectivity index is 2.25. The van der Waals surface area contributed by atoms with Crippen LogP contribution in [0.1, 0.15) is 11.1 Å². The van der Waals surface area contributed by atoms with Gasteiger partial charge in [0.2, 0.25) is 0 Å². The van der Waals surface area contributed by atoms with Crippen molar-refractivity contribution in [1.29, 1.82) is 0 Å². The quantitative estimate of drug-likeness (QED) is 0.474. The third-order valence-corrected chi connectivity index (χ3v) is 5.74. The molecule has 0 amide bonds. The summed E-state index contributed by atoms with van der Waals surface area (Å²) in [6, 6.07) is 14.1. The minimum atomic E-state index is -0.339. The zero-order chi connectivity index (χ0) is 20.2. The number of hydrogen-bond acceptors (Lipinski definition) is 2. The highest BCUT2D eigenvalue weighted by Crippen LogP contribution is 2.35. The maximum Gasteiger partial charge on any atom is 0.330 e. The van der Waals surface area contributed by atoms with Gasteiger partial charge in [0.25, 0.3) is 5.56 Å². The largest absolute Gasteiger partial charge is 0.330 e. The van der Waals surface area contributed by atoms with E-state index < -0.39 is 0 Å². The summed E-state index contributed by atoms with van der Waals surface area (Å²) in [5, 5.41) is 0.524. The van der Waals surface area contributed by atoms with Gasteiger partial charge in [-0.3, -0.25) is 13.9 Å². The molecule has 0 unspecified atom stereocenters. The van der Waals surface area contributed by atoms with Crippen LogP contribution in [-0.2, 0) is 14.1 Å². The SMILES string of the molecule is Cc1cc(C)cc(-n2cc3c(c2-c2ccccc2Br)c(=O)n(C)c(=O)n3C)c1. The van der Waals surface area contributed by atoms with Crippen molar-refractivity contribution in [3.05, 3.63) is 85.1 Å². The third kappa shape index (κ3) is 2.76. The van der Waals surface area contributed by atoms with Gasteiger partial charge in [-0.05, 0) is 43.2 Å². The molecule has 2 aromatic carbocycles. The molecule has 0 N–H and O–H groups in total. The van der Waals surface area contributed by atoms with Crippen LogP contribution in [0.5, 0.6) is 0 Å². The van der Waals surface area contributed by atoms with Crippen molar-refractivity contribution in [2.75, 3.05) is 0 Å². The molecule has 0 atom stereocenters. The molecule has 2 aromatic heterocycles. The summed E-state index contributed by atoms with van der Waals surface area (Å²) in [5.74, 6) is 0. The van der Waals surface area contributed by atoms with E-state index >= 15 is 0 Å². The highest BCUT2D eigenvalue weighted by atomic mass is 79.9. The van der Waals surface area contributed by atoms with Crippen molar-refractivity contribution in [2.45, 2.75) is 13.8 Å². The van der Waals surface area contributed by atoms with Crippen LogP contribution in [0, 0.1) is 13.8 Å². The number of hydrogen-bond donors (Lipinski definition) is 0. The van der Waals surface area contributed by atoms with E-state index in [2.05, 4.69) is 34.1 Å². The normalized spacial score (nSPS) is 11.3. The lowest BCUT2D eigenvalue weighted by atomic mass is 10.1. The van der Waals surface area contributed by atoms with Gasteiger partial charge in [0, 0.05) is 36.0 Å². The zero-order valence-corrected chi connectivity index (χ0v) is 17.7. The molecule has 142 valence electrons. The second kappa shape index (κ2) is 6.63. The fourth-order valence-corrected chi connectivity index (χ4v) is 4.22. The van der Waals surface area contributed by atoms with Crippen molar-refractivity contribution in [1.82, 2.24) is 13.7 Å². The molecule has 0 radical (unpaired) electrons. The van der Waals surface area contributed by atoms with Gasteiger partial charge in [0.1, 0.15) is 0 Å². The average Bonchev–Trinajstić information content (AvgIpc) is 3.05. The van der Waals surface area contributed by atoms with Crippen LogP contribution in [0.2, 0.25) is 0 Å². The van der Waals surface area contributed by atoms with E-state index in [1.165, 1.54) is 11.6 Å². The molecule has 0 spiro atoms. The third-order valence-electron chi connectivity index (χ3n) is 5.05. The van der Waals surface area contributed by atoms with Crippen molar-refractivity contribution in [3.8, 4) is 16.9 Å². The van der Waals surface area contributed by atoms with Gasteiger partial charge in [0.05, 0.1) is 16.6 Å². The van der Waals surface area contributed by atoms with E-state index in [-0.39, 0.29) is 11.2 Å². The van der Waals surface area contributed by atoms with E-state index in [4.69, 9.17) is 0 Å². The Kier molecular flexibility index (Phi) is 4.38. The standard InChI is InChI=1S/C22H20BrN3O2/c1-13-9-14(2)11-15(10-13)26-12-18-19(21(27)25(4)22(28)24(18)3)20(26)16-7-5-6-8-17(16)23/h5-12H,1-4H3. The molecule has 0 fully saturated rings. The van der Waals surface area contributed by atoms with Gasteiger partial charge >= 0.3 is 5.69 Å². The van der Waals surface area contributed by atoms with E-state index in [9.17, 15) is 9.59 Å². The second-order valence-corrected chi connectivity index (χ2v) is 7.99. The van der Waals surface area contributed by atoms with Gasteiger partial charge in [0.15, 0.2) is 0 Å². The number of nitrogens with zero attached hydrogens (tertiary/aromatic N) is 3. The van der Waals surface area contributed by atoms with Gasteiger partial charge in [-0.2, -0.15) is 0 Å². The van der Waals surface area contributed by atoms with Crippen LogP contribution < -0.4 is 11.2 Å². The molecular weight excluding hydrogens is 418 g/mol. The fraction of sp³-hybridized carbons (Fsp3) is 0.182. The lowest BCUT2D eigenvalue weighted by Gasteiger charge is -2.13. The number of benzene rings is 2. The first-order valence-electron chi connectivity index (χ1n) is 8.94. The van der Waals surface area contributed by atoms with Crippen LogP contribution in [-0.4, -0.2) is 13.7 Å². The van der Waals surface area contributed by atoms with Crippen molar-refractivity contribution in [2.24, 2.45) is 14.1 Å². The molecule has 0 bridgehead atoms. The molecule has 0 saturated heterocycles. The summed E-state index contributed by atoms with van der Waals surface area (Å²) in [7, 11) is 3.21. The Morgan fingerprint density at radius 2 is 1.54 bits per heavy atom.